The molecule has 20 heavy (non-hydrogen) atoms. The summed E-state index contributed by atoms with van der Waals surface area (Å²) < 4.78 is 0. The maximum absolute atomic E-state index is 11.9. The summed E-state index contributed by atoms with van der Waals surface area (Å²) in [6, 6.07) is 9.83. The number of rotatable bonds is 8. The number of aliphatic hydroxyl groups excluding tert-OH is 1. The fraction of sp³-hybridized carbons (Fsp3) is 0.588. The largest absolute Gasteiger partial charge is 0.391 e. The van der Waals surface area contributed by atoms with Gasteiger partial charge in [0.25, 0.3) is 0 Å². The Balaban J connectivity index is 2.30. The summed E-state index contributed by atoms with van der Waals surface area (Å²) in [4.78, 5) is 11.9. The molecule has 0 aliphatic carbocycles. The first-order valence-electron chi connectivity index (χ1n) is 7.51. The Morgan fingerprint density at radius 1 is 1.25 bits per heavy atom. The molecule has 0 bridgehead atoms. The van der Waals surface area contributed by atoms with Crippen molar-refractivity contribution < 1.29 is 9.90 Å². The molecular formula is C17H27NO2. The third kappa shape index (κ3) is 6.20. The van der Waals surface area contributed by atoms with Crippen LogP contribution in [0.25, 0.3) is 0 Å². The monoisotopic (exact) mass is 277 g/mol. The summed E-state index contributed by atoms with van der Waals surface area (Å²) in [5.41, 5.74) is 1.09. The van der Waals surface area contributed by atoms with Gasteiger partial charge in [0.05, 0.1) is 6.10 Å². The predicted molar refractivity (Wildman–Crippen MR) is 82.4 cm³/mol. The molecule has 112 valence electrons. The topological polar surface area (TPSA) is 49.3 Å². The maximum atomic E-state index is 11.9. The van der Waals surface area contributed by atoms with E-state index >= 15 is 0 Å². The highest BCUT2D eigenvalue weighted by Gasteiger charge is 2.16. The van der Waals surface area contributed by atoms with E-state index in [9.17, 15) is 9.90 Å². The third-order valence-corrected chi connectivity index (χ3v) is 3.76. The second kappa shape index (κ2) is 8.75. The van der Waals surface area contributed by atoms with Crippen molar-refractivity contribution in [2.75, 3.05) is 6.54 Å². The lowest BCUT2D eigenvalue weighted by molar-refractivity contribution is -0.122. The lowest BCUT2D eigenvalue weighted by Gasteiger charge is -2.19. The molecule has 0 saturated heterocycles. The van der Waals surface area contributed by atoms with Crippen molar-refractivity contribution in [1.82, 2.24) is 5.32 Å². The minimum absolute atomic E-state index is 0.0395. The van der Waals surface area contributed by atoms with Crippen molar-refractivity contribution in [2.45, 2.75) is 46.1 Å². The zero-order valence-electron chi connectivity index (χ0n) is 12.8. The van der Waals surface area contributed by atoms with Crippen molar-refractivity contribution >= 4 is 5.91 Å². The van der Waals surface area contributed by atoms with Crippen molar-refractivity contribution in [1.29, 1.82) is 0 Å². The first-order chi connectivity index (χ1) is 9.52. The van der Waals surface area contributed by atoms with Crippen LogP contribution in [0.2, 0.25) is 0 Å². The Hall–Kier alpha value is -1.35. The highest BCUT2D eigenvalue weighted by Crippen LogP contribution is 2.18. The van der Waals surface area contributed by atoms with E-state index in [-0.39, 0.29) is 5.91 Å². The highest BCUT2D eigenvalue weighted by atomic mass is 16.3. The Bertz CT molecular complexity index is 389. The van der Waals surface area contributed by atoms with Crippen LogP contribution in [-0.2, 0) is 11.2 Å². The summed E-state index contributed by atoms with van der Waals surface area (Å²) >= 11 is 0. The van der Waals surface area contributed by atoms with E-state index in [1.807, 2.05) is 30.3 Å². The van der Waals surface area contributed by atoms with Crippen LogP contribution < -0.4 is 5.32 Å². The second-order valence-corrected chi connectivity index (χ2v) is 5.76. The van der Waals surface area contributed by atoms with E-state index in [2.05, 4.69) is 26.1 Å². The van der Waals surface area contributed by atoms with E-state index < -0.39 is 6.10 Å². The second-order valence-electron chi connectivity index (χ2n) is 5.76. The number of carbonyl (C=O) groups is 1. The highest BCUT2D eigenvalue weighted by molar-refractivity contribution is 5.76. The van der Waals surface area contributed by atoms with E-state index in [4.69, 9.17) is 0 Å². The summed E-state index contributed by atoms with van der Waals surface area (Å²) in [5.74, 6) is 0.971. The maximum Gasteiger partial charge on any atom is 0.220 e. The smallest absolute Gasteiger partial charge is 0.220 e. The molecule has 2 N–H and O–H groups in total. The summed E-state index contributed by atoms with van der Waals surface area (Å²) in [5, 5.41) is 12.8. The van der Waals surface area contributed by atoms with Crippen LogP contribution in [0.5, 0.6) is 0 Å². The minimum atomic E-state index is -0.527. The third-order valence-electron chi connectivity index (χ3n) is 3.76. The molecule has 2 unspecified atom stereocenters. The lowest BCUT2D eigenvalue weighted by atomic mass is 9.90. The fourth-order valence-electron chi connectivity index (χ4n) is 2.35. The summed E-state index contributed by atoms with van der Waals surface area (Å²) in [6.07, 6.45) is 1.60. The Morgan fingerprint density at radius 2 is 1.90 bits per heavy atom. The van der Waals surface area contributed by atoms with Gasteiger partial charge in [-0.25, -0.2) is 0 Å². The number of carbonyl (C=O) groups excluding carboxylic acids is 1. The zero-order chi connectivity index (χ0) is 15.0. The van der Waals surface area contributed by atoms with Gasteiger partial charge in [0, 0.05) is 19.4 Å². The average molecular weight is 277 g/mol. The number of benzene rings is 1. The number of aliphatic hydroxyl groups is 1. The molecule has 1 aromatic rings. The molecule has 3 heteroatoms. The fourth-order valence-corrected chi connectivity index (χ4v) is 2.35. The molecule has 0 fully saturated rings. The van der Waals surface area contributed by atoms with Crippen LogP contribution >= 0.6 is 0 Å². The van der Waals surface area contributed by atoms with Crippen molar-refractivity contribution in [3.8, 4) is 0 Å². The molecule has 0 spiro atoms. The molecule has 0 heterocycles. The molecule has 0 saturated carbocycles. The normalized spacial score (nSPS) is 14.1. The molecule has 2 atom stereocenters. The average Bonchev–Trinajstić information content (AvgIpc) is 2.43. The van der Waals surface area contributed by atoms with Crippen LogP contribution in [0.3, 0.4) is 0 Å². The Morgan fingerprint density at radius 3 is 2.45 bits per heavy atom. The number of hydrogen-bond acceptors (Lipinski definition) is 2. The molecule has 0 aromatic heterocycles. The lowest BCUT2D eigenvalue weighted by Crippen LogP contribution is -2.34. The SMILES string of the molecule is CCC(CC(=O)NCC(O)Cc1ccccc1)C(C)C. The van der Waals surface area contributed by atoms with Crippen LogP contribution in [0.4, 0.5) is 0 Å². The molecule has 0 aliphatic rings. The molecular weight excluding hydrogens is 250 g/mol. The van der Waals surface area contributed by atoms with Gasteiger partial charge in [-0.1, -0.05) is 57.5 Å². The van der Waals surface area contributed by atoms with Gasteiger partial charge in [-0.15, -0.1) is 0 Å². The van der Waals surface area contributed by atoms with Gasteiger partial charge in [-0.2, -0.15) is 0 Å². The molecule has 1 amide bonds. The van der Waals surface area contributed by atoms with Gasteiger partial charge in [-0.3, -0.25) is 4.79 Å². The van der Waals surface area contributed by atoms with Gasteiger partial charge in [0.15, 0.2) is 0 Å². The Labute approximate surface area is 122 Å². The van der Waals surface area contributed by atoms with Gasteiger partial charge in [-0.05, 0) is 17.4 Å². The van der Waals surface area contributed by atoms with Gasteiger partial charge in [0.1, 0.15) is 0 Å². The van der Waals surface area contributed by atoms with E-state index in [1.165, 1.54) is 0 Å². The van der Waals surface area contributed by atoms with E-state index in [0.717, 1.165) is 12.0 Å². The number of amides is 1. The van der Waals surface area contributed by atoms with Crippen molar-refractivity contribution in [2.24, 2.45) is 11.8 Å². The first-order valence-corrected chi connectivity index (χ1v) is 7.51. The number of hydrogen-bond donors (Lipinski definition) is 2. The summed E-state index contributed by atoms with van der Waals surface area (Å²) in [6.45, 7) is 6.72. The summed E-state index contributed by atoms with van der Waals surface area (Å²) in [7, 11) is 0. The van der Waals surface area contributed by atoms with Gasteiger partial charge < -0.3 is 10.4 Å². The van der Waals surface area contributed by atoms with Crippen molar-refractivity contribution in [3.63, 3.8) is 0 Å². The van der Waals surface area contributed by atoms with Crippen LogP contribution in [0, 0.1) is 11.8 Å². The standard InChI is InChI=1S/C17H27NO2/c1-4-15(13(2)3)11-17(20)18-12-16(19)10-14-8-6-5-7-9-14/h5-9,13,15-16,19H,4,10-12H2,1-3H3,(H,18,20). The predicted octanol–water partition coefficient (Wildman–Crippen LogP) is 2.78. The quantitative estimate of drug-likeness (QED) is 0.767. The molecule has 0 aliphatic heterocycles. The van der Waals surface area contributed by atoms with Crippen LogP contribution in [0.1, 0.15) is 39.2 Å². The van der Waals surface area contributed by atoms with Crippen LogP contribution in [0.15, 0.2) is 30.3 Å². The molecule has 0 radical (unpaired) electrons. The van der Waals surface area contributed by atoms with Crippen LogP contribution in [-0.4, -0.2) is 23.7 Å². The van der Waals surface area contributed by atoms with Gasteiger partial charge in [0.2, 0.25) is 5.91 Å². The van der Waals surface area contributed by atoms with E-state index in [0.29, 0.717) is 31.2 Å². The van der Waals surface area contributed by atoms with Crippen molar-refractivity contribution in [3.05, 3.63) is 35.9 Å². The number of nitrogens with one attached hydrogen (secondary N) is 1. The molecule has 1 rings (SSSR count). The molecule has 3 nitrogen and oxygen atoms in total. The first kappa shape index (κ1) is 16.7. The Kier molecular flexibility index (Phi) is 7.31. The minimum Gasteiger partial charge on any atom is -0.391 e. The molecule has 1 aromatic carbocycles. The van der Waals surface area contributed by atoms with E-state index in [1.54, 1.807) is 0 Å². The zero-order valence-corrected chi connectivity index (χ0v) is 12.8. The van der Waals surface area contributed by atoms with Gasteiger partial charge >= 0.3 is 0 Å².